The van der Waals surface area contributed by atoms with Gasteiger partial charge in [-0.05, 0) is 32.0 Å². The Morgan fingerprint density at radius 1 is 1.29 bits per heavy atom. The molecule has 0 unspecified atom stereocenters. The van der Waals surface area contributed by atoms with Crippen LogP contribution in [0.3, 0.4) is 0 Å². The molecule has 0 fully saturated rings. The normalized spacial score (nSPS) is 10.3. The van der Waals surface area contributed by atoms with Crippen molar-refractivity contribution in [3.63, 3.8) is 0 Å². The van der Waals surface area contributed by atoms with Crippen molar-refractivity contribution in [2.75, 3.05) is 6.61 Å². The molecule has 0 aliphatic heterocycles. The van der Waals surface area contributed by atoms with Crippen molar-refractivity contribution in [2.24, 2.45) is 0 Å². The lowest BCUT2D eigenvalue weighted by molar-refractivity contribution is 0.298. The minimum Gasteiger partial charge on any atom is -0.486 e. The molecule has 2 rings (SSSR count). The Balaban J connectivity index is 2.04. The Morgan fingerprint density at radius 3 is 2.81 bits per heavy atom. The van der Waals surface area contributed by atoms with Gasteiger partial charge in [-0.2, -0.15) is 5.10 Å². The molecule has 0 bridgehead atoms. The number of aliphatic hydroxyl groups excluding tert-OH is 1. The summed E-state index contributed by atoms with van der Waals surface area (Å²) in [7, 11) is 0. The van der Waals surface area contributed by atoms with Crippen LogP contribution in [-0.2, 0) is 6.61 Å². The smallest absolute Gasteiger partial charge is 0.135 e. The molecule has 110 valence electrons. The quantitative estimate of drug-likeness (QED) is 0.859. The maximum absolute atomic E-state index is 8.77. The fourth-order valence-corrected chi connectivity index (χ4v) is 1.80. The second-order valence-corrected chi connectivity index (χ2v) is 4.94. The molecule has 1 aromatic heterocycles. The van der Waals surface area contributed by atoms with E-state index in [1.54, 1.807) is 0 Å². The molecule has 0 spiro atoms. The molecule has 0 amide bonds. The summed E-state index contributed by atoms with van der Waals surface area (Å²) >= 11 is 0. The minimum atomic E-state index is 0.0721. The zero-order chi connectivity index (χ0) is 15.1. The summed E-state index contributed by atoms with van der Waals surface area (Å²) in [4.78, 5) is 0. The van der Waals surface area contributed by atoms with Gasteiger partial charge in [-0.15, -0.1) is 0 Å². The van der Waals surface area contributed by atoms with E-state index in [4.69, 9.17) is 9.84 Å². The van der Waals surface area contributed by atoms with Crippen LogP contribution >= 0.6 is 0 Å². The average molecular weight is 284 g/mol. The van der Waals surface area contributed by atoms with E-state index in [-0.39, 0.29) is 6.61 Å². The lowest BCUT2D eigenvalue weighted by atomic mass is 10.2. The van der Waals surface area contributed by atoms with Gasteiger partial charge in [0, 0.05) is 18.7 Å². The van der Waals surface area contributed by atoms with Crippen molar-refractivity contribution in [2.45, 2.75) is 32.9 Å². The number of hydrogen-bond acceptors (Lipinski definition) is 3. The highest BCUT2D eigenvalue weighted by Crippen LogP contribution is 2.18. The maximum atomic E-state index is 8.77. The van der Waals surface area contributed by atoms with Crippen LogP contribution in [0, 0.1) is 11.8 Å². The van der Waals surface area contributed by atoms with Crippen LogP contribution in [0.4, 0.5) is 0 Å². The third-order valence-corrected chi connectivity index (χ3v) is 2.92. The topological polar surface area (TPSA) is 47.3 Å². The molecule has 0 aliphatic carbocycles. The standard InChI is InChI=1S/C17H20N2O2/c1-14(2)19-11-10-16(18-19)13-21-17-9-4-3-7-15(17)8-5-6-12-20/h3-4,7,9-11,14,20H,6,12-13H2,1-2H3. The van der Waals surface area contributed by atoms with Crippen LogP contribution in [0.25, 0.3) is 0 Å². The summed E-state index contributed by atoms with van der Waals surface area (Å²) in [5.41, 5.74) is 1.72. The van der Waals surface area contributed by atoms with Gasteiger partial charge in [0.15, 0.2) is 0 Å². The molecule has 1 N–H and O–H groups in total. The first-order chi connectivity index (χ1) is 10.2. The molecule has 0 saturated carbocycles. The van der Waals surface area contributed by atoms with Gasteiger partial charge in [0.05, 0.1) is 17.9 Å². The van der Waals surface area contributed by atoms with Crippen LogP contribution in [0.1, 0.15) is 37.6 Å². The second-order valence-electron chi connectivity index (χ2n) is 4.94. The number of benzene rings is 1. The third-order valence-electron chi connectivity index (χ3n) is 2.92. The maximum Gasteiger partial charge on any atom is 0.135 e. The van der Waals surface area contributed by atoms with E-state index in [2.05, 4.69) is 30.8 Å². The Labute approximate surface area is 125 Å². The largest absolute Gasteiger partial charge is 0.486 e. The fourth-order valence-electron chi connectivity index (χ4n) is 1.80. The van der Waals surface area contributed by atoms with Gasteiger partial charge in [0.25, 0.3) is 0 Å². The summed E-state index contributed by atoms with van der Waals surface area (Å²) in [6.45, 7) is 4.66. The highest BCUT2D eigenvalue weighted by molar-refractivity contribution is 5.45. The van der Waals surface area contributed by atoms with Gasteiger partial charge in [0.1, 0.15) is 12.4 Å². The van der Waals surface area contributed by atoms with E-state index in [0.29, 0.717) is 19.1 Å². The number of para-hydroxylation sites is 1. The van der Waals surface area contributed by atoms with Crippen molar-refractivity contribution < 1.29 is 9.84 Å². The summed E-state index contributed by atoms with van der Waals surface area (Å²) in [6.07, 6.45) is 2.42. The Morgan fingerprint density at radius 2 is 2.10 bits per heavy atom. The van der Waals surface area contributed by atoms with Crippen LogP contribution in [0.15, 0.2) is 36.5 Å². The molecule has 0 radical (unpaired) electrons. The Hall–Kier alpha value is -2.25. The van der Waals surface area contributed by atoms with E-state index in [1.165, 1.54) is 0 Å². The van der Waals surface area contributed by atoms with Crippen molar-refractivity contribution in [1.82, 2.24) is 9.78 Å². The van der Waals surface area contributed by atoms with E-state index in [1.807, 2.05) is 41.2 Å². The van der Waals surface area contributed by atoms with Gasteiger partial charge in [-0.3, -0.25) is 4.68 Å². The summed E-state index contributed by atoms with van der Waals surface area (Å²) in [6, 6.07) is 9.94. The van der Waals surface area contributed by atoms with Crippen molar-refractivity contribution in [3.05, 3.63) is 47.8 Å². The van der Waals surface area contributed by atoms with Crippen molar-refractivity contribution in [3.8, 4) is 17.6 Å². The van der Waals surface area contributed by atoms with Gasteiger partial charge in [-0.1, -0.05) is 24.0 Å². The van der Waals surface area contributed by atoms with E-state index < -0.39 is 0 Å². The van der Waals surface area contributed by atoms with E-state index in [9.17, 15) is 0 Å². The molecular formula is C17H20N2O2. The second kappa shape index (κ2) is 7.51. The highest BCUT2D eigenvalue weighted by Gasteiger charge is 2.05. The number of hydrogen-bond donors (Lipinski definition) is 1. The molecule has 21 heavy (non-hydrogen) atoms. The third kappa shape index (κ3) is 4.37. The number of nitrogens with zero attached hydrogens (tertiary/aromatic N) is 2. The molecule has 4 nitrogen and oxygen atoms in total. The summed E-state index contributed by atoms with van der Waals surface area (Å²) < 4.78 is 7.71. The molecule has 1 aromatic carbocycles. The SMILES string of the molecule is CC(C)n1ccc(COc2ccccc2C#CCCO)n1. The average Bonchev–Trinajstić information content (AvgIpc) is 2.96. The Kier molecular flexibility index (Phi) is 5.42. The van der Waals surface area contributed by atoms with Crippen molar-refractivity contribution in [1.29, 1.82) is 0 Å². The van der Waals surface area contributed by atoms with Gasteiger partial charge < -0.3 is 9.84 Å². The lowest BCUT2D eigenvalue weighted by Gasteiger charge is -2.07. The molecular weight excluding hydrogens is 264 g/mol. The molecule has 0 saturated heterocycles. The Bertz CT molecular complexity index is 635. The number of rotatable bonds is 5. The predicted octanol–water partition coefficient (Wildman–Crippen LogP) is 2.78. The number of aromatic nitrogens is 2. The number of aliphatic hydroxyl groups is 1. The van der Waals surface area contributed by atoms with Crippen LogP contribution in [-0.4, -0.2) is 21.5 Å². The summed E-state index contributed by atoms with van der Waals surface area (Å²) in [5, 5.41) is 13.2. The number of ether oxygens (including phenoxy) is 1. The molecule has 2 aromatic rings. The molecule has 0 atom stereocenters. The van der Waals surface area contributed by atoms with Crippen LogP contribution in [0.2, 0.25) is 0 Å². The zero-order valence-corrected chi connectivity index (χ0v) is 12.4. The predicted molar refractivity (Wildman–Crippen MR) is 82.0 cm³/mol. The minimum absolute atomic E-state index is 0.0721. The van der Waals surface area contributed by atoms with Gasteiger partial charge in [-0.25, -0.2) is 0 Å². The first-order valence-electron chi connectivity index (χ1n) is 7.06. The van der Waals surface area contributed by atoms with Crippen LogP contribution in [0.5, 0.6) is 5.75 Å². The monoisotopic (exact) mass is 284 g/mol. The first-order valence-corrected chi connectivity index (χ1v) is 7.06. The first kappa shape index (κ1) is 15.1. The molecule has 1 heterocycles. The van der Waals surface area contributed by atoms with Crippen molar-refractivity contribution >= 4 is 0 Å². The lowest BCUT2D eigenvalue weighted by Crippen LogP contribution is -2.03. The highest BCUT2D eigenvalue weighted by atomic mass is 16.5. The van der Waals surface area contributed by atoms with E-state index in [0.717, 1.165) is 17.0 Å². The molecule has 4 heteroatoms. The molecule has 0 aliphatic rings. The van der Waals surface area contributed by atoms with Gasteiger partial charge >= 0.3 is 0 Å². The van der Waals surface area contributed by atoms with Gasteiger partial charge in [0.2, 0.25) is 0 Å². The zero-order valence-electron chi connectivity index (χ0n) is 12.4. The fraction of sp³-hybridized carbons (Fsp3) is 0.353. The summed E-state index contributed by atoms with van der Waals surface area (Å²) in [5.74, 6) is 6.66. The van der Waals surface area contributed by atoms with E-state index >= 15 is 0 Å². The van der Waals surface area contributed by atoms with Crippen LogP contribution < -0.4 is 4.74 Å².